The van der Waals surface area contributed by atoms with Crippen LogP contribution in [0.3, 0.4) is 0 Å². The van der Waals surface area contributed by atoms with Gasteiger partial charge in [0.1, 0.15) is 11.5 Å². The van der Waals surface area contributed by atoms with Crippen LogP contribution in [0.4, 0.5) is 0 Å². The van der Waals surface area contributed by atoms with Gasteiger partial charge in [0.2, 0.25) is 0 Å². The summed E-state index contributed by atoms with van der Waals surface area (Å²) < 4.78 is 343. The number of rotatable bonds is 4. The quantitative estimate of drug-likeness (QED) is 0.164. The predicted octanol–water partition coefficient (Wildman–Crippen LogP) is 14.6. The molecule has 6 heteroatoms. The van der Waals surface area contributed by atoms with Crippen molar-refractivity contribution < 1.29 is 54.1 Å². The lowest BCUT2D eigenvalue weighted by Crippen LogP contribution is -2.46. The fraction of sp³-hybridized carbons (Fsp3) is 0. The molecular weight excluding hydrogens is 822 g/mol. The Kier molecular flexibility index (Phi) is 3.32. The van der Waals surface area contributed by atoms with Crippen molar-refractivity contribution in [3.05, 3.63) is 218 Å². The first-order chi connectivity index (χ1) is 47.8. The molecule has 0 fully saturated rings. The Bertz CT molecular complexity index is 6200. The van der Waals surface area contributed by atoms with Gasteiger partial charge in [-0.3, -0.25) is 0 Å². The first kappa shape index (κ1) is 16.1. The largest absolute Gasteiger partial charge is 0.458 e. The van der Waals surface area contributed by atoms with E-state index in [0.29, 0.717) is 11.6 Å². The fourth-order valence-electron chi connectivity index (χ4n) is 8.76. The van der Waals surface area contributed by atoms with Crippen LogP contribution in [0.1, 0.15) is 49.3 Å². The van der Waals surface area contributed by atoms with Gasteiger partial charge in [0.15, 0.2) is 0 Å². The lowest BCUT2D eigenvalue weighted by molar-refractivity contribution is 0.488. The summed E-state index contributed by atoms with van der Waals surface area (Å²) in [6.07, 6.45) is 0. The van der Waals surface area contributed by atoms with Gasteiger partial charge in [-0.2, -0.15) is 11.6 Å². The molecule has 3 aromatic heterocycles. The SMILES string of the molecule is [2H]c1c([2H])c([2H])c2c(c1[2H])SB1c3c([2H])c([2H])c(-c4c([2H])c([2H])c([2H])c([2H])c4-n4c5c([2H])c([2H])c([2H])c([2H])c5c5c([2H])c([2H])c([2H])c([2H])c54)c([2H])c3Oc3c([2H])c(-n4c5c([2H])c([2H])c([2H])c([2H])c5c5c([2H])c(-n6c7c([2H])c([2H])c([2H])c([2H])c7c7c([2H])c([2H])c([2H])c([2H])c76)c([2H])c([2H])c54)c([2H])c-2c31. The van der Waals surface area contributed by atoms with Crippen molar-refractivity contribution in [3.8, 4) is 50.8 Å². The zero-order chi connectivity index (χ0) is 74.4. The topological polar surface area (TPSA) is 24.0 Å². The summed E-state index contributed by atoms with van der Waals surface area (Å²) in [4.78, 5) is -0.366. The van der Waals surface area contributed by atoms with E-state index in [1.54, 1.807) is 0 Å². The summed E-state index contributed by atoms with van der Waals surface area (Å²) in [5.74, 6) is -3.29. The lowest BCUT2D eigenvalue weighted by atomic mass is 9.57. The van der Waals surface area contributed by atoms with Crippen molar-refractivity contribution in [2.75, 3.05) is 0 Å². The average Bonchev–Trinajstić information content (AvgIpc) is 1.29. The highest BCUT2D eigenvalue weighted by molar-refractivity contribution is 8.28. The van der Waals surface area contributed by atoms with Gasteiger partial charge in [-0.25, -0.2) is 0 Å². The second kappa shape index (κ2) is 13.7. The number of nitrogens with zero attached hydrogens (tertiary/aromatic N) is 3. The van der Waals surface area contributed by atoms with Crippen molar-refractivity contribution >= 4 is 93.9 Å². The second-order valence-electron chi connectivity index (χ2n) is 14.8. The molecule has 10 aromatic carbocycles. The Balaban J connectivity index is 1.10. The van der Waals surface area contributed by atoms with Gasteiger partial charge in [0, 0.05) is 54.5 Å². The van der Waals surface area contributed by atoms with E-state index in [4.69, 9.17) is 29.4 Å². The molecule has 0 saturated heterocycles. The Labute approximate surface area is 435 Å². The molecule has 0 spiro atoms. The molecule has 306 valence electrons. The number of hydrogen-bond acceptors (Lipinski definition) is 2. The van der Waals surface area contributed by atoms with Crippen LogP contribution in [-0.2, 0) is 0 Å². The van der Waals surface area contributed by atoms with E-state index in [9.17, 15) is 24.7 Å². The van der Waals surface area contributed by atoms with Crippen LogP contribution in [0.5, 0.6) is 11.5 Å². The standard InChI is InChI=1S/C60H36BN3OS/c1-8-22-50(64-54-26-12-4-18-43(54)44-19-5-13-27-55(44)64)40(15-1)37-29-31-49-57(33-37)65-58-36-39(35-48-46-21-7-14-28-59(46)66-61(49)60(48)58)63-53-25-11-6-20-45(53)47-34-38(30-32-56(47)63)62-51-23-9-2-16-41(51)42-17-3-10-24-52(42)62/h1-36H/i1D,2D,3D,4D,5D,6D,7D,8D,9D,10D,11D,12D,13D,14D,15D,16D,17D,18D,19D,20D,21D,22D,23D,24D,25D,26D,27D,28D,29D,30D,31D,32D,33D,34D,35D,36D. The summed E-state index contributed by atoms with van der Waals surface area (Å²) in [5.41, 5.74) is -10.4. The first-order valence-corrected chi connectivity index (χ1v) is 20.6. The van der Waals surface area contributed by atoms with Gasteiger partial charge >= 0.3 is 0 Å². The average molecular weight is 894 g/mol. The van der Waals surface area contributed by atoms with Crippen molar-refractivity contribution in [1.29, 1.82) is 0 Å². The zero-order valence-electron chi connectivity index (χ0n) is 68.7. The number of hydrogen-bond donors (Lipinski definition) is 0. The summed E-state index contributed by atoms with van der Waals surface area (Å²) in [6, 6.07) is -33.8. The van der Waals surface area contributed by atoms with Crippen molar-refractivity contribution in [1.82, 2.24) is 13.7 Å². The van der Waals surface area contributed by atoms with Gasteiger partial charge in [-0.1, -0.05) is 139 Å². The molecule has 2 aliphatic rings. The monoisotopic (exact) mass is 893 g/mol. The molecule has 0 unspecified atom stereocenters. The second-order valence-corrected chi connectivity index (χ2v) is 15.9. The van der Waals surface area contributed by atoms with E-state index < -0.39 is 345 Å². The number of benzene rings is 10. The van der Waals surface area contributed by atoms with Gasteiger partial charge in [0.05, 0.1) is 93.8 Å². The van der Waals surface area contributed by atoms with E-state index in [0.717, 1.165) is 13.7 Å². The number of aromatic nitrogens is 3. The minimum Gasteiger partial charge on any atom is -0.458 e. The minimum absolute atomic E-state index is 0.349. The number of fused-ring (bicyclic) bond motifs is 13. The number of para-hydroxylation sites is 6. The fourth-order valence-corrected chi connectivity index (χ4v) is 10.0. The predicted molar refractivity (Wildman–Crippen MR) is 278 cm³/mol. The number of ether oxygens (including phenoxy) is 1. The van der Waals surface area contributed by atoms with Crippen LogP contribution >= 0.6 is 11.6 Å². The van der Waals surface area contributed by atoms with Crippen LogP contribution in [0.2, 0.25) is 0 Å². The third-order valence-corrected chi connectivity index (χ3v) is 12.7. The van der Waals surface area contributed by atoms with E-state index in [1.807, 2.05) is 0 Å². The molecule has 13 aromatic rings. The van der Waals surface area contributed by atoms with Gasteiger partial charge in [-0.05, 0) is 100 Å². The van der Waals surface area contributed by atoms with Crippen LogP contribution in [0, 0.1) is 0 Å². The lowest BCUT2D eigenvalue weighted by Gasteiger charge is -2.33. The molecule has 0 bridgehead atoms. The van der Waals surface area contributed by atoms with E-state index in [2.05, 4.69) is 0 Å². The maximum Gasteiger partial charge on any atom is 0.289 e. The molecule has 0 radical (unpaired) electrons. The van der Waals surface area contributed by atoms with Crippen molar-refractivity contribution in [2.45, 2.75) is 4.90 Å². The van der Waals surface area contributed by atoms with Crippen LogP contribution in [-0.4, -0.2) is 19.7 Å². The van der Waals surface area contributed by atoms with Gasteiger partial charge in [-0.15, -0.1) is 0 Å². The van der Waals surface area contributed by atoms with Crippen molar-refractivity contribution in [3.63, 3.8) is 0 Å². The highest BCUT2D eigenvalue weighted by atomic mass is 32.2. The molecule has 0 atom stereocenters. The molecule has 0 saturated carbocycles. The van der Waals surface area contributed by atoms with Crippen molar-refractivity contribution in [2.24, 2.45) is 0 Å². The van der Waals surface area contributed by atoms with E-state index in [-0.39, 0.29) is 10.4 Å². The summed E-state index contributed by atoms with van der Waals surface area (Å²) in [6.45, 7) is 0. The molecule has 15 rings (SSSR count). The van der Waals surface area contributed by atoms with Crippen LogP contribution < -0.4 is 15.7 Å². The normalized spacial score (nSPS) is 20.5. The maximum absolute atomic E-state index is 10.4. The molecule has 0 amide bonds. The zero-order valence-corrected chi connectivity index (χ0v) is 33.6. The van der Waals surface area contributed by atoms with Crippen LogP contribution in [0.25, 0.3) is 105 Å². The molecule has 2 aliphatic heterocycles. The van der Waals surface area contributed by atoms with Gasteiger partial charge < -0.3 is 18.4 Å². The molecule has 5 heterocycles. The molecule has 0 N–H and O–H groups in total. The molecule has 0 aliphatic carbocycles. The molecule has 66 heavy (non-hydrogen) atoms. The maximum atomic E-state index is 10.4. The first-order valence-electron chi connectivity index (χ1n) is 37.7. The van der Waals surface area contributed by atoms with E-state index in [1.165, 1.54) is 0 Å². The Morgan fingerprint density at radius 1 is 0.379 bits per heavy atom. The third kappa shape index (κ3) is 5.02. The molecular formula is C60H36BN3OS. The Hall–Kier alpha value is -8.19. The highest BCUT2D eigenvalue weighted by Crippen LogP contribution is 2.46. The Morgan fingerprint density at radius 2 is 0.894 bits per heavy atom. The van der Waals surface area contributed by atoms with Crippen LogP contribution in [0.15, 0.2) is 222 Å². The summed E-state index contributed by atoms with van der Waals surface area (Å²) >= 11 is 0.581. The smallest absolute Gasteiger partial charge is 0.289 e. The van der Waals surface area contributed by atoms with Gasteiger partial charge in [0.25, 0.3) is 5.99 Å². The summed E-state index contributed by atoms with van der Waals surface area (Å²) in [7, 11) is 0. The summed E-state index contributed by atoms with van der Waals surface area (Å²) in [5, 5.41) is -3.49. The Morgan fingerprint density at radius 3 is 1.55 bits per heavy atom. The molecule has 4 nitrogen and oxygen atoms in total. The minimum atomic E-state index is -1.69. The van der Waals surface area contributed by atoms with E-state index >= 15 is 0 Å². The highest BCUT2D eigenvalue weighted by Gasteiger charge is 2.39. The third-order valence-electron chi connectivity index (χ3n) is 11.5.